The third-order valence-electron chi connectivity index (χ3n) is 3.74. The molecular weight excluding hydrogens is 350 g/mol. The number of esters is 1. The first-order valence-electron chi connectivity index (χ1n) is 6.73. The van der Waals surface area contributed by atoms with Crippen LogP contribution in [0.3, 0.4) is 0 Å². The summed E-state index contributed by atoms with van der Waals surface area (Å²) in [5.41, 5.74) is -3.06. The van der Waals surface area contributed by atoms with Gasteiger partial charge in [0, 0.05) is 0 Å². The average molecular weight is 365 g/mol. The van der Waals surface area contributed by atoms with E-state index in [9.17, 15) is 23.5 Å². The van der Waals surface area contributed by atoms with Crippen molar-refractivity contribution >= 4 is 23.6 Å². The fourth-order valence-electron chi connectivity index (χ4n) is 2.52. The van der Waals surface area contributed by atoms with E-state index in [1.165, 1.54) is 31.4 Å². The van der Waals surface area contributed by atoms with Gasteiger partial charge in [0.15, 0.2) is 0 Å². The molecule has 24 heavy (non-hydrogen) atoms. The summed E-state index contributed by atoms with van der Waals surface area (Å²) in [6.45, 7) is 0. The van der Waals surface area contributed by atoms with Gasteiger partial charge in [0.2, 0.25) is 5.72 Å². The lowest BCUT2D eigenvalue weighted by molar-refractivity contribution is -0.201. The first kappa shape index (κ1) is 18.2. The number of ether oxygens (including phenoxy) is 2. The second kappa shape index (κ2) is 6.40. The van der Waals surface area contributed by atoms with E-state index in [0.29, 0.717) is 5.75 Å². The molecule has 3 N–H and O–H groups in total. The highest BCUT2D eigenvalue weighted by Gasteiger charge is 2.65. The lowest BCUT2D eigenvalue weighted by atomic mass is 9.82. The number of aliphatic hydroxyl groups is 1. The third-order valence-corrected chi connectivity index (χ3v) is 4.02. The minimum Gasteiger partial charge on any atom is -0.497 e. The van der Waals surface area contributed by atoms with Gasteiger partial charge in [0.25, 0.3) is 0 Å². The molecule has 0 aromatic heterocycles. The average Bonchev–Trinajstić information content (AvgIpc) is 2.52. The molecule has 2 rings (SSSR count). The quantitative estimate of drug-likeness (QED) is 0.553. The van der Waals surface area contributed by atoms with E-state index >= 15 is 0 Å². The predicted molar refractivity (Wildman–Crippen MR) is 78.7 cm³/mol. The molecule has 0 radical (unpaired) electrons. The number of carbonyl (C=O) groups excluding carboxylic acids is 2. The van der Waals surface area contributed by atoms with Crippen LogP contribution < -0.4 is 15.4 Å². The summed E-state index contributed by atoms with van der Waals surface area (Å²) in [6.07, 6.45) is 0. The van der Waals surface area contributed by atoms with Crippen molar-refractivity contribution in [3.05, 3.63) is 29.8 Å². The van der Waals surface area contributed by atoms with Crippen LogP contribution in [0.2, 0.25) is 0 Å². The van der Waals surface area contributed by atoms with Crippen molar-refractivity contribution in [2.24, 2.45) is 5.92 Å². The molecule has 10 heteroatoms. The standard InChI is InChI=1S/C14H15ClF2N2O5/c1-23-8-5-3-7(4-6-8)10-9(11(20)24-2)13(22,14(15,16)17)19-12(21)18-10/h3-6,9-10,22H,1-2H3,(H2,18,19,21)/t9-,10-,13+/m1/s1. The topological polar surface area (TPSA) is 96.9 Å². The molecule has 1 fully saturated rings. The lowest BCUT2D eigenvalue weighted by Gasteiger charge is -2.45. The monoisotopic (exact) mass is 364 g/mol. The fraction of sp³-hybridized carbons (Fsp3) is 0.429. The second-order valence-corrected chi connectivity index (χ2v) is 5.59. The Morgan fingerprint density at radius 1 is 1.33 bits per heavy atom. The maximum absolute atomic E-state index is 13.8. The number of amides is 2. The van der Waals surface area contributed by atoms with Crippen LogP contribution in [-0.4, -0.2) is 42.4 Å². The Bertz CT molecular complexity index is 637. The molecule has 0 spiro atoms. The predicted octanol–water partition coefficient (Wildman–Crippen LogP) is 1.36. The first-order chi connectivity index (χ1) is 11.1. The first-order valence-corrected chi connectivity index (χ1v) is 7.11. The largest absolute Gasteiger partial charge is 0.497 e. The van der Waals surface area contributed by atoms with Crippen LogP contribution in [-0.2, 0) is 9.53 Å². The highest BCUT2D eigenvalue weighted by molar-refractivity contribution is 6.22. The van der Waals surface area contributed by atoms with Crippen molar-refractivity contribution in [3.63, 3.8) is 0 Å². The van der Waals surface area contributed by atoms with Crippen LogP contribution in [0, 0.1) is 5.92 Å². The molecule has 3 atom stereocenters. The Balaban J connectivity index is 2.53. The molecule has 0 unspecified atom stereocenters. The van der Waals surface area contributed by atoms with Gasteiger partial charge < -0.3 is 25.2 Å². The van der Waals surface area contributed by atoms with E-state index in [1.807, 2.05) is 0 Å². The summed E-state index contributed by atoms with van der Waals surface area (Å²) in [4.78, 5) is 23.8. The number of carbonyl (C=O) groups is 2. The van der Waals surface area contributed by atoms with Gasteiger partial charge >= 0.3 is 17.4 Å². The SMILES string of the molecule is COC(=O)[C@H]1[C@@H](c2ccc(OC)cc2)NC(=O)N[C@@]1(O)C(F)(F)Cl. The minimum absolute atomic E-state index is 0.278. The van der Waals surface area contributed by atoms with Crippen molar-refractivity contribution in [2.45, 2.75) is 17.1 Å². The lowest BCUT2D eigenvalue weighted by Crippen LogP contribution is -2.72. The smallest absolute Gasteiger partial charge is 0.369 e. The summed E-state index contributed by atoms with van der Waals surface area (Å²) in [5.74, 6) is -2.60. The summed E-state index contributed by atoms with van der Waals surface area (Å²) in [6, 6.07) is 3.52. The number of nitrogens with one attached hydrogen (secondary N) is 2. The zero-order chi connectivity index (χ0) is 18.1. The van der Waals surface area contributed by atoms with E-state index in [4.69, 9.17) is 16.3 Å². The van der Waals surface area contributed by atoms with Gasteiger partial charge in [-0.3, -0.25) is 4.79 Å². The van der Waals surface area contributed by atoms with Crippen molar-refractivity contribution in [3.8, 4) is 5.75 Å². The normalized spacial score (nSPS) is 27.0. The number of urea groups is 1. The number of hydrogen-bond acceptors (Lipinski definition) is 5. The van der Waals surface area contributed by atoms with E-state index in [2.05, 4.69) is 10.1 Å². The summed E-state index contributed by atoms with van der Waals surface area (Å²) in [5, 5.41) is 9.90. The number of benzene rings is 1. The van der Waals surface area contributed by atoms with Gasteiger partial charge in [-0.25, -0.2) is 4.79 Å². The van der Waals surface area contributed by atoms with Gasteiger partial charge in [-0.05, 0) is 29.3 Å². The molecule has 1 heterocycles. The van der Waals surface area contributed by atoms with Crippen molar-refractivity contribution in [2.75, 3.05) is 14.2 Å². The molecular formula is C14H15ClF2N2O5. The maximum atomic E-state index is 13.8. The summed E-state index contributed by atoms with van der Waals surface area (Å²) in [7, 11) is 2.40. The van der Waals surface area contributed by atoms with Crippen LogP contribution in [0.1, 0.15) is 11.6 Å². The number of halogens is 3. The number of hydrogen-bond donors (Lipinski definition) is 3. The maximum Gasteiger partial charge on any atom is 0.369 e. The Kier molecular flexibility index (Phi) is 4.86. The molecule has 1 aliphatic rings. The number of rotatable bonds is 4. The van der Waals surface area contributed by atoms with Crippen molar-refractivity contribution < 1.29 is 33.0 Å². The van der Waals surface area contributed by atoms with E-state index in [1.54, 1.807) is 5.32 Å². The molecule has 2 amide bonds. The van der Waals surface area contributed by atoms with Gasteiger partial charge in [-0.15, -0.1) is 0 Å². The van der Waals surface area contributed by atoms with Gasteiger partial charge in [-0.2, -0.15) is 8.78 Å². The Morgan fingerprint density at radius 2 is 1.92 bits per heavy atom. The molecule has 0 bridgehead atoms. The molecule has 1 aromatic rings. The Labute approximate surface area is 140 Å². The van der Waals surface area contributed by atoms with E-state index < -0.39 is 35.1 Å². The minimum atomic E-state index is -4.33. The molecule has 7 nitrogen and oxygen atoms in total. The zero-order valence-electron chi connectivity index (χ0n) is 12.7. The summed E-state index contributed by atoms with van der Waals surface area (Å²) < 4.78 is 37.0. The number of alkyl halides is 3. The fourth-order valence-corrected chi connectivity index (χ4v) is 2.69. The van der Waals surface area contributed by atoms with Crippen molar-refractivity contribution in [1.29, 1.82) is 0 Å². The Morgan fingerprint density at radius 3 is 2.38 bits per heavy atom. The zero-order valence-corrected chi connectivity index (χ0v) is 13.4. The molecule has 0 saturated carbocycles. The van der Waals surface area contributed by atoms with Crippen LogP contribution in [0.5, 0.6) is 5.75 Å². The summed E-state index contributed by atoms with van der Waals surface area (Å²) >= 11 is 4.96. The van der Waals surface area contributed by atoms with Crippen LogP contribution >= 0.6 is 11.6 Å². The van der Waals surface area contributed by atoms with Gasteiger partial charge in [-0.1, -0.05) is 12.1 Å². The molecule has 1 saturated heterocycles. The van der Waals surface area contributed by atoms with E-state index in [-0.39, 0.29) is 5.56 Å². The molecule has 0 aliphatic carbocycles. The van der Waals surface area contributed by atoms with E-state index in [0.717, 1.165) is 7.11 Å². The second-order valence-electron chi connectivity index (χ2n) is 5.11. The Hall–Kier alpha value is -2.13. The van der Waals surface area contributed by atoms with Gasteiger partial charge in [0.1, 0.15) is 11.7 Å². The van der Waals surface area contributed by atoms with Crippen molar-refractivity contribution in [1.82, 2.24) is 10.6 Å². The third kappa shape index (κ3) is 3.09. The van der Waals surface area contributed by atoms with Crippen LogP contribution in [0.25, 0.3) is 0 Å². The molecule has 1 aromatic carbocycles. The van der Waals surface area contributed by atoms with Crippen LogP contribution in [0.4, 0.5) is 13.6 Å². The van der Waals surface area contributed by atoms with Crippen LogP contribution in [0.15, 0.2) is 24.3 Å². The highest BCUT2D eigenvalue weighted by atomic mass is 35.5. The van der Waals surface area contributed by atoms with Gasteiger partial charge in [0.05, 0.1) is 20.3 Å². The number of methoxy groups -OCH3 is 2. The molecule has 1 aliphatic heterocycles. The highest BCUT2D eigenvalue weighted by Crippen LogP contribution is 2.44. The molecule has 132 valence electrons.